The third-order valence-electron chi connectivity index (χ3n) is 11.5. The molecular weight excluding hydrogens is 727 g/mol. The van der Waals surface area contributed by atoms with Crippen LogP contribution in [0.4, 0.5) is 17.1 Å². The van der Waals surface area contributed by atoms with Gasteiger partial charge in [-0.15, -0.1) is 11.3 Å². The summed E-state index contributed by atoms with van der Waals surface area (Å²) in [5, 5.41) is 6.94. The first-order chi connectivity index (χ1) is 28.8. The van der Waals surface area contributed by atoms with Crippen molar-refractivity contribution in [1.29, 1.82) is 0 Å². The fourth-order valence-corrected chi connectivity index (χ4v) is 10.2. The lowest BCUT2D eigenvalue weighted by molar-refractivity contribution is 0.669. The minimum absolute atomic E-state index is 0.861. The number of hydrogen-bond donors (Lipinski definition) is 0. The average molecular weight is 760 g/mol. The van der Waals surface area contributed by atoms with Crippen LogP contribution >= 0.6 is 11.3 Å². The van der Waals surface area contributed by atoms with Crippen LogP contribution in [0.1, 0.15) is 0 Å². The van der Waals surface area contributed by atoms with Gasteiger partial charge in [0.2, 0.25) is 0 Å². The van der Waals surface area contributed by atoms with Gasteiger partial charge in [0.25, 0.3) is 0 Å². The van der Waals surface area contributed by atoms with Crippen molar-refractivity contribution in [3.05, 3.63) is 200 Å². The summed E-state index contributed by atoms with van der Waals surface area (Å²) in [5.41, 5.74) is 13.6. The molecule has 0 radical (unpaired) electrons. The maximum absolute atomic E-state index is 6.72. The number of benzene rings is 9. The highest BCUT2D eigenvalue weighted by Crippen LogP contribution is 2.49. The van der Waals surface area contributed by atoms with Gasteiger partial charge in [0, 0.05) is 48.3 Å². The Kier molecular flexibility index (Phi) is 7.40. The van der Waals surface area contributed by atoms with E-state index in [0.717, 1.165) is 83.2 Å². The molecule has 0 atom stereocenters. The summed E-state index contributed by atoms with van der Waals surface area (Å²) in [6.07, 6.45) is 0. The average Bonchev–Trinajstić information content (AvgIpc) is 4.00. The predicted molar refractivity (Wildman–Crippen MR) is 245 cm³/mol. The molecule has 0 spiro atoms. The van der Waals surface area contributed by atoms with Gasteiger partial charge in [-0.2, -0.15) is 0 Å². The molecular formula is C54H33NO2S. The van der Waals surface area contributed by atoms with Gasteiger partial charge in [-0.3, -0.25) is 0 Å². The zero-order chi connectivity index (χ0) is 38.2. The van der Waals surface area contributed by atoms with Crippen LogP contribution in [-0.2, 0) is 0 Å². The van der Waals surface area contributed by atoms with Gasteiger partial charge in [-0.25, -0.2) is 0 Å². The molecule has 4 heteroatoms. The van der Waals surface area contributed by atoms with E-state index in [4.69, 9.17) is 8.83 Å². The maximum Gasteiger partial charge on any atom is 0.159 e. The minimum atomic E-state index is 0.861. The topological polar surface area (TPSA) is 29.5 Å². The molecule has 58 heavy (non-hydrogen) atoms. The molecule has 0 amide bonds. The van der Waals surface area contributed by atoms with Crippen molar-refractivity contribution in [2.45, 2.75) is 0 Å². The second kappa shape index (κ2) is 13.1. The second-order valence-corrected chi connectivity index (χ2v) is 15.8. The fourth-order valence-electron chi connectivity index (χ4n) is 8.87. The largest absolute Gasteiger partial charge is 0.455 e. The Balaban J connectivity index is 1.06. The number of anilines is 3. The molecule has 0 N–H and O–H groups in total. The van der Waals surface area contributed by atoms with E-state index >= 15 is 0 Å². The Morgan fingerprint density at radius 1 is 0.328 bits per heavy atom. The lowest BCUT2D eigenvalue weighted by atomic mass is 9.97. The van der Waals surface area contributed by atoms with Gasteiger partial charge in [-0.05, 0) is 64.2 Å². The SMILES string of the molecule is c1ccc(-c2cccc3c2oc2cccc(-c4ccc(N(c5cccc6c5oc5ccccc56)c5cccc6c5sc5c(-c7ccccc7)cccc56)cc4)c23)cc1. The van der Waals surface area contributed by atoms with Crippen molar-refractivity contribution < 1.29 is 8.83 Å². The maximum atomic E-state index is 6.72. The molecule has 0 unspecified atom stereocenters. The number of furan rings is 2. The zero-order valence-corrected chi connectivity index (χ0v) is 32.0. The molecule has 0 fully saturated rings. The number of para-hydroxylation sites is 3. The van der Waals surface area contributed by atoms with Crippen LogP contribution in [-0.4, -0.2) is 0 Å². The molecule has 0 aliphatic rings. The van der Waals surface area contributed by atoms with Crippen LogP contribution in [0.15, 0.2) is 209 Å². The van der Waals surface area contributed by atoms with Gasteiger partial charge in [0.05, 0.1) is 16.1 Å². The van der Waals surface area contributed by atoms with E-state index < -0.39 is 0 Å². The molecule has 0 saturated heterocycles. The molecule has 12 aromatic rings. The normalized spacial score (nSPS) is 11.8. The Hall–Kier alpha value is -7.40. The number of thiophene rings is 1. The Labute approximate surface area is 338 Å². The third kappa shape index (κ3) is 5.05. The van der Waals surface area contributed by atoms with Crippen molar-refractivity contribution in [1.82, 2.24) is 0 Å². The van der Waals surface area contributed by atoms with E-state index in [1.54, 1.807) is 0 Å². The summed E-state index contributed by atoms with van der Waals surface area (Å²) in [4.78, 5) is 2.38. The molecule has 0 aliphatic heterocycles. The van der Waals surface area contributed by atoms with E-state index in [-0.39, 0.29) is 0 Å². The zero-order valence-electron chi connectivity index (χ0n) is 31.2. The van der Waals surface area contributed by atoms with Crippen molar-refractivity contribution in [2.75, 3.05) is 4.90 Å². The Morgan fingerprint density at radius 2 is 0.862 bits per heavy atom. The standard InChI is InChI=1S/C54H33NO2S/c1-3-14-34(15-4-1)39-20-9-25-45-50-38(19-13-29-49(50)57-51(39)45)36-30-32-37(33-31-36)55(46-26-11-22-42-41-18-7-8-28-48(41)56-52(42)46)47-27-12-24-44-43-23-10-21-40(53(43)58-54(44)47)35-16-5-2-6-17-35/h1-33H. The van der Waals surface area contributed by atoms with E-state index in [0.29, 0.717) is 0 Å². The molecule has 0 aliphatic carbocycles. The number of nitrogens with zero attached hydrogens (tertiary/aromatic N) is 1. The molecule has 0 saturated carbocycles. The fraction of sp³-hybridized carbons (Fsp3) is 0. The summed E-state index contributed by atoms with van der Waals surface area (Å²) in [6, 6.07) is 71.2. The first-order valence-electron chi connectivity index (χ1n) is 19.6. The first kappa shape index (κ1) is 32.8. The van der Waals surface area contributed by atoms with Gasteiger partial charge in [0.1, 0.15) is 16.7 Å². The third-order valence-corrected chi connectivity index (χ3v) is 12.8. The highest BCUT2D eigenvalue weighted by molar-refractivity contribution is 7.27. The van der Waals surface area contributed by atoms with Gasteiger partial charge < -0.3 is 13.7 Å². The highest BCUT2D eigenvalue weighted by Gasteiger charge is 2.23. The van der Waals surface area contributed by atoms with Crippen LogP contribution in [0.25, 0.3) is 97.4 Å². The van der Waals surface area contributed by atoms with Crippen LogP contribution < -0.4 is 4.90 Å². The summed E-state index contributed by atoms with van der Waals surface area (Å²) < 4.78 is 15.9. The van der Waals surface area contributed by atoms with Crippen LogP contribution in [0.3, 0.4) is 0 Å². The molecule has 9 aromatic carbocycles. The Bertz CT molecular complexity index is 3500. The summed E-state index contributed by atoms with van der Waals surface area (Å²) >= 11 is 1.86. The summed E-state index contributed by atoms with van der Waals surface area (Å²) in [5.74, 6) is 0. The molecule has 0 bridgehead atoms. The summed E-state index contributed by atoms with van der Waals surface area (Å²) in [7, 11) is 0. The number of hydrogen-bond acceptors (Lipinski definition) is 4. The van der Waals surface area contributed by atoms with E-state index in [1.165, 1.54) is 31.3 Å². The lowest BCUT2D eigenvalue weighted by Gasteiger charge is -2.26. The van der Waals surface area contributed by atoms with Gasteiger partial charge in [-0.1, -0.05) is 164 Å². The van der Waals surface area contributed by atoms with Gasteiger partial charge in [0.15, 0.2) is 5.58 Å². The van der Waals surface area contributed by atoms with E-state index in [9.17, 15) is 0 Å². The molecule has 272 valence electrons. The molecule has 12 rings (SSSR count). The van der Waals surface area contributed by atoms with Crippen molar-refractivity contribution >= 4 is 92.4 Å². The monoisotopic (exact) mass is 759 g/mol. The molecule has 3 aromatic heterocycles. The first-order valence-corrected chi connectivity index (χ1v) is 20.4. The van der Waals surface area contributed by atoms with Crippen LogP contribution in [0.5, 0.6) is 0 Å². The second-order valence-electron chi connectivity index (χ2n) is 14.8. The number of fused-ring (bicyclic) bond motifs is 9. The van der Waals surface area contributed by atoms with Crippen LogP contribution in [0, 0.1) is 0 Å². The quantitative estimate of drug-likeness (QED) is 0.169. The van der Waals surface area contributed by atoms with Crippen molar-refractivity contribution in [3.8, 4) is 33.4 Å². The minimum Gasteiger partial charge on any atom is -0.455 e. The summed E-state index contributed by atoms with van der Waals surface area (Å²) in [6.45, 7) is 0. The number of rotatable bonds is 6. The molecule has 3 heterocycles. The Morgan fingerprint density at radius 3 is 1.66 bits per heavy atom. The molecule has 3 nitrogen and oxygen atoms in total. The van der Waals surface area contributed by atoms with Gasteiger partial charge >= 0.3 is 0 Å². The predicted octanol–water partition coefficient (Wildman–Crippen LogP) is 16.3. The van der Waals surface area contributed by atoms with Crippen molar-refractivity contribution in [2.24, 2.45) is 0 Å². The highest BCUT2D eigenvalue weighted by atomic mass is 32.1. The van der Waals surface area contributed by atoms with Crippen molar-refractivity contribution in [3.63, 3.8) is 0 Å². The lowest BCUT2D eigenvalue weighted by Crippen LogP contribution is -2.10. The smallest absolute Gasteiger partial charge is 0.159 e. The van der Waals surface area contributed by atoms with E-state index in [2.05, 4.69) is 193 Å². The van der Waals surface area contributed by atoms with Crippen LogP contribution in [0.2, 0.25) is 0 Å². The van der Waals surface area contributed by atoms with E-state index in [1.807, 2.05) is 23.5 Å².